The summed E-state index contributed by atoms with van der Waals surface area (Å²) >= 11 is 0. The molecule has 0 unspecified atom stereocenters. The van der Waals surface area contributed by atoms with Gasteiger partial charge in [-0.3, -0.25) is 13.9 Å². The van der Waals surface area contributed by atoms with Crippen LogP contribution in [-0.4, -0.2) is 44.3 Å². The van der Waals surface area contributed by atoms with E-state index in [0.29, 0.717) is 6.42 Å². The van der Waals surface area contributed by atoms with Gasteiger partial charge in [0.1, 0.15) is 12.2 Å². The first-order chi connectivity index (χ1) is 14.0. The van der Waals surface area contributed by atoms with Gasteiger partial charge in [-0.2, -0.15) is 0 Å². The maximum Gasteiger partial charge on any atom is 0.333 e. The molecule has 2 N–H and O–H groups in total. The molecule has 1 saturated heterocycles. The lowest BCUT2D eigenvalue weighted by Crippen LogP contribution is -2.42. The summed E-state index contributed by atoms with van der Waals surface area (Å²) in [5.41, 5.74) is -1.10. The Hall–Kier alpha value is -1.51. The Labute approximate surface area is 171 Å². The number of hydrogen-bond acceptors (Lipinski definition) is 5. The normalized spacial score (nSPS) is 24.3. The summed E-state index contributed by atoms with van der Waals surface area (Å²) in [5.74, 6) is 0. The van der Waals surface area contributed by atoms with Crippen molar-refractivity contribution >= 4 is 0 Å². The van der Waals surface area contributed by atoms with E-state index < -0.39 is 42.5 Å². The SMILES string of the molecule is CCCCCCCCCCCCn1c(=O)ccn([C@@H]2O[C@H](CO)[C@@H](O)[C@@H]2F)c1=O. The lowest BCUT2D eigenvalue weighted by Gasteiger charge is -2.17. The fourth-order valence-corrected chi connectivity index (χ4v) is 3.77. The second kappa shape index (κ2) is 12.2. The molecule has 7 nitrogen and oxygen atoms in total. The predicted molar refractivity (Wildman–Crippen MR) is 109 cm³/mol. The summed E-state index contributed by atoms with van der Waals surface area (Å²) < 4.78 is 21.7. The van der Waals surface area contributed by atoms with Gasteiger partial charge in [0.2, 0.25) is 0 Å². The topological polar surface area (TPSA) is 93.7 Å². The lowest BCUT2D eigenvalue weighted by atomic mass is 10.1. The highest BCUT2D eigenvalue weighted by Crippen LogP contribution is 2.30. The molecule has 0 radical (unpaired) electrons. The number of hydrogen-bond donors (Lipinski definition) is 2. The number of aliphatic hydroxyl groups excluding tert-OH is 2. The van der Waals surface area contributed by atoms with Crippen molar-refractivity contribution in [2.45, 2.75) is 102 Å². The Balaban J connectivity index is 1.84. The summed E-state index contributed by atoms with van der Waals surface area (Å²) in [6.45, 7) is 1.93. The van der Waals surface area contributed by atoms with Gasteiger partial charge < -0.3 is 14.9 Å². The second-order valence-electron chi connectivity index (χ2n) is 7.86. The highest BCUT2D eigenvalue weighted by molar-refractivity contribution is 4.94. The number of aromatic nitrogens is 2. The van der Waals surface area contributed by atoms with Crippen molar-refractivity contribution in [1.29, 1.82) is 0 Å². The van der Waals surface area contributed by atoms with Gasteiger partial charge >= 0.3 is 5.69 Å². The minimum absolute atomic E-state index is 0.269. The molecule has 1 aliphatic rings. The van der Waals surface area contributed by atoms with E-state index in [2.05, 4.69) is 6.92 Å². The summed E-state index contributed by atoms with van der Waals surface area (Å²) in [4.78, 5) is 24.7. The van der Waals surface area contributed by atoms with E-state index >= 15 is 0 Å². The highest BCUT2D eigenvalue weighted by atomic mass is 19.1. The van der Waals surface area contributed by atoms with Crippen molar-refractivity contribution in [1.82, 2.24) is 9.13 Å². The minimum atomic E-state index is -1.85. The van der Waals surface area contributed by atoms with Gasteiger partial charge in [0.15, 0.2) is 12.4 Å². The summed E-state index contributed by atoms with van der Waals surface area (Å²) in [5, 5.41) is 18.9. The zero-order valence-corrected chi connectivity index (χ0v) is 17.3. The lowest BCUT2D eigenvalue weighted by molar-refractivity contribution is -0.0496. The van der Waals surface area contributed by atoms with Crippen molar-refractivity contribution in [2.75, 3.05) is 6.61 Å². The van der Waals surface area contributed by atoms with E-state index in [0.717, 1.165) is 28.4 Å². The zero-order chi connectivity index (χ0) is 21.2. The average Bonchev–Trinajstić information content (AvgIpc) is 3.00. The van der Waals surface area contributed by atoms with Gasteiger partial charge in [-0.15, -0.1) is 0 Å². The molecule has 29 heavy (non-hydrogen) atoms. The molecule has 1 aliphatic heterocycles. The van der Waals surface area contributed by atoms with Gasteiger partial charge in [0.25, 0.3) is 5.56 Å². The van der Waals surface area contributed by atoms with Crippen molar-refractivity contribution in [2.24, 2.45) is 0 Å². The van der Waals surface area contributed by atoms with E-state index in [-0.39, 0.29) is 6.54 Å². The van der Waals surface area contributed by atoms with E-state index in [4.69, 9.17) is 9.84 Å². The molecule has 0 aromatic carbocycles. The van der Waals surface area contributed by atoms with Crippen molar-refractivity contribution in [3.05, 3.63) is 33.1 Å². The summed E-state index contributed by atoms with van der Waals surface area (Å²) in [6.07, 6.45) is 6.83. The zero-order valence-electron chi connectivity index (χ0n) is 17.3. The van der Waals surface area contributed by atoms with Crippen LogP contribution in [0.5, 0.6) is 0 Å². The van der Waals surface area contributed by atoms with E-state index in [9.17, 15) is 19.1 Å². The first-order valence-corrected chi connectivity index (χ1v) is 10.9. The van der Waals surface area contributed by atoms with Crippen LogP contribution < -0.4 is 11.2 Å². The van der Waals surface area contributed by atoms with Gasteiger partial charge in [-0.25, -0.2) is 9.18 Å². The Morgan fingerprint density at radius 3 is 2.17 bits per heavy atom. The van der Waals surface area contributed by atoms with Crippen molar-refractivity contribution in [3.63, 3.8) is 0 Å². The highest BCUT2D eigenvalue weighted by Gasteiger charge is 2.45. The Morgan fingerprint density at radius 2 is 1.62 bits per heavy atom. The molecule has 2 rings (SSSR count). The molecule has 0 spiro atoms. The molecule has 1 aromatic rings. The van der Waals surface area contributed by atoms with Crippen LogP contribution in [0.3, 0.4) is 0 Å². The van der Waals surface area contributed by atoms with Gasteiger partial charge in [0, 0.05) is 18.8 Å². The maximum absolute atomic E-state index is 14.3. The van der Waals surface area contributed by atoms with E-state index in [1.807, 2.05) is 0 Å². The van der Waals surface area contributed by atoms with Crippen LogP contribution in [-0.2, 0) is 11.3 Å². The predicted octanol–water partition coefficient (Wildman–Crippen LogP) is 2.52. The largest absolute Gasteiger partial charge is 0.394 e. The van der Waals surface area contributed by atoms with Gasteiger partial charge in [0.05, 0.1) is 6.61 Å². The van der Waals surface area contributed by atoms with Crippen LogP contribution >= 0.6 is 0 Å². The third kappa shape index (κ3) is 6.49. The van der Waals surface area contributed by atoms with Crippen LogP contribution in [0.1, 0.15) is 77.4 Å². The molecule has 0 aliphatic carbocycles. The molecule has 1 aromatic heterocycles. The maximum atomic E-state index is 14.3. The molecular formula is C21H35FN2O5. The molecule has 1 fully saturated rings. The Kier molecular flexibility index (Phi) is 10.0. The summed E-state index contributed by atoms with van der Waals surface area (Å²) in [7, 11) is 0. The number of aliphatic hydroxyl groups is 2. The first kappa shape index (κ1) is 23.8. The molecule has 2 heterocycles. The number of alkyl halides is 1. The smallest absolute Gasteiger partial charge is 0.333 e. The third-order valence-corrected chi connectivity index (χ3v) is 5.58. The molecule has 8 heteroatoms. The summed E-state index contributed by atoms with van der Waals surface area (Å²) in [6, 6.07) is 1.20. The molecule has 166 valence electrons. The Bertz CT molecular complexity index is 720. The number of rotatable bonds is 13. The van der Waals surface area contributed by atoms with Gasteiger partial charge in [-0.1, -0.05) is 64.7 Å². The number of unbranched alkanes of at least 4 members (excludes halogenated alkanes) is 9. The van der Waals surface area contributed by atoms with E-state index in [1.165, 1.54) is 50.8 Å². The van der Waals surface area contributed by atoms with Crippen LogP contribution in [0, 0.1) is 0 Å². The van der Waals surface area contributed by atoms with Crippen molar-refractivity contribution in [3.8, 4) is 0 Å². The number of halogens is 1. The molecule has 4 atom stereocenters. The average molecular weight is 415 g/mol. The standard InChI is InChI=1S/C21H35FN2O5/c1-2-3-4-5-6-7-8-9-10-11-13-23-17(26)12-14-24(21(23)28)20-18(22)19(27)16(15-25)29-20/h12,14,16,18-20,25,27H,2-11,13,15H2,1H3/t16-,18+,19-,20-/m1/s1. The quantitative estimate of drug-likeness (QED) is 0.484. The van der Waals surface area contributed by atoms with Crippen LogP contribution in [0.15, 0.2) is 21.9 Å². The molecule has 0 bridgehead atoms. The second-order valence-corrected chi connectivity index (χ2v) is 7.86. The fourth-order valence-electron chi connectivity index (χ4n) is 3.77. The van der Waals surface area contributed by atoms with Gasteiger partial charge in [-0.05, 0) is 6.42 Å². The van der Waals surface area contributed by atoms with E-state index in [1.54, 1.807) is 0 Å². The third-order valence-electron chi connectivity index (χ3n) is 5.58. The number of nitrogens with zero attached hydrogens (tertiary/aromatic N) is 2. The molecular weight excluding hydrogens is 379 g/mol. The fraction of sp³-hybridized carbons (Fsp3) is 0.810. The van der Waals surface area contributed by atoms with Crippen LogP contribution in [0.2, 0.25) is 0 Å². The van der Waals surface area contributed by atoms with Crippen LogP contribution in [0.4, 0.5) is 4.39 Å². The van der Waals surface area contributed by atoms with Crippen LogP contribution in [0.25, 0.3) is 0 Å². The Morgan fingerprint density at radius 1 is 1.03 bits per heavy atom. The molecule has 0 saturated carbocycles. The molecule has 0 amide bonds. The first-order valence-electron chi connectivity index (χ1n) is 10.9. The van der Waals surface area contributed by atoms with Crippen molar-refractivity contribution < 1.29 is 19.3 Å². The number of ether oxygens (including phenoxy) is 1. The monoisotopic (exact) mass is 414 g/mol. The minimum Gasteiger partial charge on any atom is -0.394 e.